The molecule has 2 bridgehead atoms. The maximum atomic E-state index is 9.86. The number of fused-ring (bicyclic) bond motifs is 7. The van der Waals surface area contributed by atoms with Gasteiger partial charge >= 0.3 is 0 Å². The highest BCUT2D eigenvalue weighted by molar-refractivity contribution is 5.65. The van der Waals surface area contributed by atoms with Crippen molar-refractivity contribution in [2.45, 2.75) is 43.8 Å². The molecule has 48 heavy (non-hydrogen) atoms. The molecule has 4 aromatic rings. The Kier molecular flexibility index (Phi) is 8.51. The molecule has 0 saturated carbocycles. The lowest BCUT2D eigenvalue weighted by molar-refractivity contribution is 0.135. The molecule has 3 aliphatic rings. The van der Waals surface area contributed by atoms with Gasteiger partial charge in [0.25, 0.3) is 0 Å². The minimum atomic E-state index is 0.0975. The maximum Gasteiger partial charge on any atom is 0.204 e. The van der Waals surface area contributed by atoms with E-state index in [0.717, 1.165) is 54.0 Å². The van der Waals surface area contributed by atoms with Crippen LogP contribution >= 0.6 is 0 Å². The number of nitrogens with zero attached hydrogens (tertiary/aromatic N) is 2. The molecule has 0 aromatic heterocycles. The van der Waals surface area contributed by atoms with Crippen molar-refractivity contribution in [2.24, 2.45) is 0 Å². The van der Waals surface area contributed by atoms with Crippen LogP contribution in [0, 0.1) is 0 Å². The number of methoxy groups -OCH3 is 5. The van der Waals surface area contributed by atoms with Crippen molar-refractivity contribution in [3.05, 3.63) is 93.5 Å². The molecule has 0 saturated heterocycles. The van der Waals surface area contributed by atoms with Gasteiger partial charge in [0.05, 0.1) is 35.5 Å². The van der Waals surface area contributed by atoms with Gasteiger partial charge in [-0.05, 0) is 116 Å². The molecule has 9 nitrogen and oxygen atoms in total. The molecule has 7 rings (SSSR count). The zero-order valence-corrected chi connectivity index (χ0v) is 28.8. The molecule has 9 heteroatoms. The van der Waals surface area contributed by atoms with Crippen LogP contribution < -0.4 is 28.4 Å². The first kappa shape index (κ1) is 32.0. The van der Waals surface area contributed by atoms with Gasteiger partial charge in [-0.1, -0.05) is 12.1 Å². The van der Waals surface area contributed by atoms with Crippen molar-refractivity contribution >= 4 is 0 Å². The number of phenolic OH excluding ortho intramolecular Hbond substituents is 1. The first-order valence-corrected chi connectivity index (χ1v) is 16.4. The fourth-order valence-corrected chi connectivity index (χ4v) is 7.93. The molecular formula is C39H44N2O7. The van der Waals surface area contributed by atoms with E-state index in [0.29, 0.717) is 35.2 Å². The van der Waals surface area contributed by atoms with Crippen molar-refractivity contribution in [1.29, 1.82) is 0 Å². The number of hydrogen-bond acceptors (Lipinski definition) is 9. The average molecular weight is 653 g/mol. The largest absolute Gasteiger partial charge is 0.508 e. The number of phenols is 1. The van der Waals surface area contributed by atoms with Gasteiger partial charge in [0.1, 0.15) is 5.75 Å². The summed E-state index contributed by atoms with van der Waals surface area (Å²) in [5.74, 6) is 4.87. The quantitative estimate of drug-likeness (QED) is 0.209. The van der Waals surface area contributed by atoms with E-state index in [2.05, 4.69) is 54.2 Å². The number of rotatable bonds is 9. The highest BCUT2D eigenvalue weighted by Gasteiger charge is 2.42. The van der Waals surface area contributed by atoms with Crippen LogP contribution in [0.1, 0.15) is 57.1 Å². The van der Waals surface area contributed by atoms with Crippen LogP contribution in [0.2, 0.25) is 0 Å². The number of benzene rings is 4. The van der Waals surface area contributed by atoms with E-state index >= 15 is 0 Å². The third kappa shape index (κ3) is 5.35. The zero-order chi connectivity index (χ0) is 33.7. The monoisotopic (exact) mass is 652 g/mol. The first-order valence-electron chi connectivity index (χ1n) is 16.4. The third-order valence-electron chi connectivity index (χ3n) is 10.5. The summed E-state index contributed by atoms with van der Waals surface area (Å²) in [6.07, 6.45) is 3.23. The topological polar surface area (TPSA) is 82.1 Å². The molecule has 3 aliphatic heterocycles. The maximum absolute atomic E-state index is 9.86. The molecule has 0 aliphatic carbocycles. The Morgan fingerprint density at radius 2 is 1.25 bits per heavy atom. The van der Waals surface area contributed by atoms with Gasteiger partial charge in [-0.25, -0.2) is 0 Å². The summed E-state index contributed by atoms with van der Waals surface area (Å²) in [7, 11) is 12.7. The predicted molar refractivity (Wildman–Crippen MR) is 184 cm³/mol. The van der Waals surface area contributed by atoms with E-state index in [9.17, 15) is 5.11 Å². The van der Waals surface area contributed by atoms with Crippen LogP contribution in [0.3, 0.4) is 0 Å². The van der Waals surface area contributed by atoms with Crippen molar-refractivity contribution in [3.63, 3.8) is 0 Å². The van der Waals surface area contributed by atoms with E-state index in [1.165, 1.54) is 22.3 Å². The van der Waals surface area contributed by atoms with Gasteiger partial charge in [0.15, 0.2) is 34.5 Å². The van der Waals surface area contributed by atoms with Gasteiger partial charge in [-0.2, -0.15) is 0 Å². The first-order chi connectivity index (χ1) is 23.3. The van der Waals surface area contributed by atoms with E-state index in [4.69, 9.17) is 28.4 Å². The summed E-state index contributed by atoms with van der Waals surface area (Å²) in [4.78, 5) is 4.83. The minimum Gasteiger partial charge on any atom is -0.508 e. The molecule has 0 radical (unpaired) electrons. The summed E-state index contributed by atoms with van der Waals surface area (Å²) in [5, 5.41) is 9.86. The van der Waals surface area contributed by atoms with E-state index in [-0.39, 0.29) is 23.9 Å². The van der Waals surface area contributed by atoms with Gasteiger partial charge in [-0.15, -0.1) is 0 Å². The van der Waals surface area contributed by atoms with Gasteiger partial charge in [0, 0.05) is 30.2 Å². The fourth-order valence-electron chi connectivity index (χ4n) is 7.93. The van der Waals surface area contributed by atoms with Crippen LogP contribution in [0.15, 0.2) is 54.6 Å². The Hall–Kier alpha value is -4.60. The Morgan fingerprint density at radius 1 is 0.646 bits per heavy atom. The number of hydrogen-bond donors (Lipinski definition) is 1. The number of aromatic hydroxyl groups is 1. The van der Waals surface area contributed by atoms with Crippen LogP contribution in [-0.4, -0.2) is 71.1 Å². The number of ether oxygens (including phenoxy) is 6. The summed E-state index contributed by atoms with van der Waals surface area (Å²) in [6, 6.07) is 18.4. The second kappa shape index (κ2) is 12.8. The number of likely N-dealkylation sites (N-methyl/N-ethyl adjacent to an activating group) is 2. The molecule has 3 atom stereocenters. The molecule has 0 amide bonds. The second-order valence-corrected chi connectivity index (χ2v) is 12.9. The lowest BCUT2D eigenvalue weighted by atomic mass is 9.76. The standard InChI is InChI=1S/C39H44N2O7/c1-40-13-12-23-16-34(44-4)36(20-26(23)30(40)14-22-8-10-25(42)11-9-22)48-38-29-18-32-27-19-35(45-5)33(43-3)17-24(27)15-31(41(32)2)28(29)21-37(46-6)39(38)47-7/h8-11,16-17,19-21,30-32,42H,12-15,18H2,1-7H3. The molecule has 3 heterocycles. The second-order valence-electron chi connectivity index (χ2n) is 12.9. The van der Waals surface area contributed by atoms with Gasteiger partial charge < -0.3 is 33.5 Å². The lowest BCUT2D eigenvalue weighted by Gasteiger charge is -2.46. The summed E-state index contributed by atoms with van der Waals surface area (Å²) in [5.41, 5.74) is 8.34. The van der Waals surface area contributed by atoms with Gasteiger partial charge in [-0.3, -0.25) is 9.80 Å². The van der Waals surface area contributed by atoms with Crippen molar-refractivity contribution < 1.29 is 33.5 Å². The summed E-state index contributed by atoms with van der Waals surface area (Å²) in [6.45, 7) is 0.935. The molecule has 3 unspecified atom stereocenters. The highest BCUT2D eigenvalue weighted by Crippen LogP contribution is 2.56. The molecule has 0 fully saturated rings. The predicted octanol–water partition coefficient (Wildman–Crippen LogP) is 6.83. The Morgan fingerprint density at radius 3 is 1.94 bits per heavy atom. The Labute approximate surface area is 282 Å². The average Bonchev–Trinajstić information content (AvgIpc) is 3.10. The molecule has 1 N–H and O–H groups in total. The molecule has 252 valence electrons. The van der Waals surface area contributed by atoms with Crippen LogP contribution in [0.5, 0.6) is 46.0 Å². The summed E-state index contributed by atoms with van der Waals surface area (Å²) < 4.78 is 36.3. The highest BCUT2D eigenvalue weighted by atomic mass is 16.5. The Bertz CT molecular complexity index is 1840. The Balaban J connectivity index is 1.33. The third-order valence-corrected chi connectivity index (χ3v) is 10.5. The minimum absolute atomic E-state index is 0.0975. The molecule has 0 spiro atoms. The normalized spacial score (nSPS) is 19.9. The molecule has 4 aromatic carbocycles. The SMILES string of the molecule is COc1cc2c(cc1OC)C1Cc3c(cc(OC)c(OC)c3Oc3cc4c(cc3OC)CCN(C)C4Cc3ccc(O)cc3)C(C2)N1C. The van der Waals surface area contributed by atoms with Crippen molar-refractivity contribution in [3.8, 4) is 46.0 Å². The van der Waals surface area contributed by atoms with E-state index < -0.39 is 0 Å². The molecular weight excluding hydrogens is 608 g/mol. The van der Waals surface area contributed by atoms with Crippen LogP contribution in [-0.2, 0) is 25.7 Å². The van der Waals surface area contributed by atoms with Crippen LogP contribution in [0.25, 0.3) is 0 Å². The smallest absolute Gasteiger partial charge is 0.204 e. The van der Waals surface area contributed by atoms with E-state index in [1.807, 2.05) is 12.1 Å². The van der Waals surface area contributed by atoms with Crippen LogP contribution in [0.4, 0.5) is 0 Å². The lowest BCUT2D eigenvalue weighted by Crippen LogP contribution is -2.40. The van der Waals surface area contributed by atoms with E-state index in [1.54, 1.807) is 47.7 Å². The van der Waals surface area contributed by atoms with Gasteiger partial charge in [0.2, 0.25) is 5.75 Å². The zero-order valence-electron chi connectivity index (χ0n) is 28.8. The van der Waals surface area contributed by atoms with Crippen molar-refractivity contribution in [1.82, 2.24) is 9.80 Å². The van der Waals surface area contributed by atoms with Crippen molar-refractivity contribution in [2.75, 3.05) is 56.2 Å². The summed E-state index contributed by atoms with van der Waals surface area (Å²) >= 11 is 0. The fraction of sp³-hybridized carbons (Fsp3) is 0.385.